The molecule has 98 valence electrons. The Bertz CT molecular complexity index is 453. The second kappa shape index (κ2) is 5.80. The first-order valence-corrected chi connectivity index (χ1v) is 6.81. The lowest BCUT2D eigenvalue weighted by molar-refractivity contribution is 0.0716. The van der Waals surface area contributed by atoms with Crippen molar-refractivity contribution in [3.05, 3.63) is 34.1 Å². The van der Waals surface area contributed by atoms with Gasteiger partial charge in [-0.25, -0.2) is 4.39 Å². The molecule has 1 aromatic carbocycles. The summed E-state index contributed by atoms with van der Waals surface area (Å²) in [6, 6.07) is 3.73. The molecule has 1 amide bonds. The Morgan fingerprint density at radius 3 is 2.78 bits per heavy atom. The van der Waals surface area contributed by atoms with Crippen LogP contribution in [0.25, 0.3) is 0 Å². The molecule has 3 nitrogen and oxygen atoms in total. The number of hydrogen-bond acceptors (Lipinski definition) is 2. The minimum Gasteiger partial charge on any atom is -0.391 e. The molecule has 5 heteroatoms. The summed E-state index contributed by atoms with van der Waals surface area (Å²) in [6.07, 6.45) is 3.02. The van der Waals surface area contributed by atoms with Crippen LogP contribution in [0.3, 0.4) is 0 Å². The van der Waals surface area contributed by atoms with E-state index in [-0.39, 0.29) is 11.9 Å². The number of benzene rings is 1. The van der Waals surface area contributed by atoms with Crippen LogP contribution < -0.4 is 5.32 Å². The molecule has 0 bridgehead atoms. The molecule has 1 fully saturated rings. The second-order valence-electron chi connectivity index (χ2n) is 4.56. The predicted octanol–water partition coefficient (Wildman–Crippen LogP) is 2.62. The Morgan fingerprint density at radius 2 is 2.11 bits per heavy atom. The van der Waals surface area contributed by atoms with Gasteiger partial charge in [-0.2, -0.15) is 0 Å². The highest BCUT2D eigenvalue weighted by Crippen LogP contribution is 2.21. The van der Waals surface area contributed by atoms with Crippen molar-refractivity contribution in [2.45, 2.75) is 37.8 Å². The molecule has 0 aliphatic heterocycles. The molecule has 2 rings (SSSR count). The van der Waals surface area contributed by atoms with Crippen molar-refractivity contribution < 1.29 is 14.3 Å². The molecule has 1 aliphatic rings. The summed E-state index contributed by atoms with van der Waals surface area (Å²) in [6.45, 7) is 0. The third-order valence-corrected chi connectivity index (χ3v) is 3.88. The first-order chi connectivity index (χ1) is 8.58. The smallest absolute Gasteiger partial charge is 0.252 e. The van der Waals surface area contributed by atoms with E-state index in [9.17, 15) is 14.3 Å². The minimum absolute atomic E-state index is 0.205. The van der Waals surface area contributed by atoms with Gasteiger partial charge in [0.1, 0.15) is 5.82 Å². The fourth-order valence-electron chi connectivity index (χ4n) is 2.20. The lowest BCUT2D eigenvalue weighted by atomic mass is 9.92. The average Bonchev–Trinajstić information content (AvgIpc) is 2.32. The van der Waals surface area contributed by atoms with Gasteiger partial charge in [0, 0.05) is 4.47 Å². The molecule has 1 aliphatic carbocycles. The summed E-state index contributed by atoms with van der Waals surface area (Å²) in [5.41, 5.74) is 0.383. The zero-order valence-corrected chi connectivity index (χ0v) is 11.4. The average molecular weight is 316 g/mol. The van der Waals surface area contributed by atoms with E-state index in [1.54, 1.807) is 0 Å². The highest BCUT2D eigenvalue weighted by Gasteiger charge is 2.25. The van der Waals surface area contributed by atoms with Crippen LogP contribution in [0.1, 0.15) is 36.0 Å². The Morgan fingerprint density at radius 1 is 1.39 bits per heavy atom. The molecule has 0 radical (unpaired) electrons. The number of nitrogens with one attached hydrogen (secondary N) is 1. The number of carbonyl (C=O) groups excluding carboxylic acids is 1. The maximum Gasteiger partial charge on any atom is 0.252 e. The molecule has 0 aromatic heterocycles. The van der Waals surface area contributed by atoms with Gasteiger partial charge >= 0.3 is 0 Å². The van der Waals surface area contributed by atoms with Gasteiger partial charge in [-0.05, 0) is 47.0 Å². The molecular formula is C13H15BrFNO2. The highest BCUT2D eigenvalue weighted by atomic mass is 79.9. The van der Waals surface area contributed by atoms with Crippen molar-refractivity contribution in [3.8, 4) is 0 Å². The summed E-state index contributed by atoms with van der Waals surface area (Å²) in [4.78, 5) is 12.0. The van der Waals surface area contributed by atoms with Crippen molar-refractivity contribution >= 4 is 21.8 Å². The molecule has 1 aromatic rings. The lowest BCUT2D eigenvalue weighted by Gasteiger charge is -2.28. The summed E-state index contributed by atoms with van der Waals surface area (Å²) in [5, 5.41) is 12.6. The lowest BCUT2D eigenvalue weighted by Crippen LogP contribution is -2.45. The number of rotatable bonds is 2. The van der Waals surface area contributed by atoms with E-state index < -0.39 is 11.9 Å². The summed E-state index contributed by atoms with van der Waals surface area (Å²) in [5.74, 6) is -0.677. The third-order valence-electron chi connectivity index (χ3n) is 3.22. The minimum atomic E-state index is -0.484. The van der Waals surface area contributed by atoms with Crippen molar-refractivity contribution in [1.82, 2.24) is 5.32 Å². The number of aliphatic hydroxyl groups excluding tert-OH is 1. The quantitative estimate of drug-likeness (QED) is 0.881. The first kappa shape index (κ1) is 13.5. The number of carbonyl (C=O) groups is 1. The Balaban J connectivity index is 2.07. The summed E-state index contributed by atoms with van der Waals surface area (Å²) >= 11 is 3.16. The number of aliphatic hydroxyl groups is 1. The van der Waals surface area contributed by atoms with Gasteiger partial charge in [0.15, 0.2) is 0 Å². The maximum atomic E-state index is 12.9. The molecule has 18 heavy (non-hydrogen) atoms. The second-order valence-corrected chi connectivity index (χ2v) is 5.41. The normalized spacial score (nSPS) is 23.7. The maximum absolute atomic E-state index is 12.9. The van der Waals surface area contributed by atoms with Crippen molar-refractivity contribution in [2.24, 2.45) is 0 Å². The molecule has 0 unspecified atom stereocenters. The van der Waals surface area contributed by atoms with E-state index in [2.05, 4.69) is 21.2 Å². The zero-order valence-electron chi connectivity index (χ0n) is 9.83. The van der Waals surface area contributed by atoms with Crippen LogP contribution in [-0.4, -0.2) is 23.2 Å². The summed E-state index contributed by atoms with van der Waals surface area (Å²) in [7, 11) is 0. The standard InChI is InChI=1S/C13H15BrFNO2/c14-10-7-8(15)5-6-9(10)13(18)16-11-3-1-2-4-12(11)17/h5-7,11-12,17H,1-4H2,(H,16,18)/t11-,12-/m0/s1. The van der Waals surface area contributed by atoms with E-state index >= 15 is 0 Å². The van der Waals surface area contributed by atoms with E-state index in [1.165, 1.54) is 18.2 Å². The number of amides is 1. The highest BCUT2D eigenvalue weighted by molar-refractivity contribution is 9.10. The molecule has 0 spiro atoms. The number of hydrogen-bond donors (Lipinski definition) is 2. The van der Waals surface area contributed by atoms with Crippen LogP contribution in [0.15, 0.2) is 22.7 Å². The third kappa shape index (κ3) is 3.09. The van der Waals surface area contributed by atoms with Gasteiger partial charge in [-0.3, -0.25) is 4.79 Å². The Labute approximate surface area is 114 Å². The first-order valence-electron chi connectivity index (χ1n) is 6.02. The van der Waals surface area contributed by atoms with E-state index in [0.29, 0.717) is 10.0 Å². The van der Waals surface area contributed by atoms with E-state index in [0.717, 1.165) is 25.7 Å². The van der Waals surface area contributed by atoms with E-state index in [1.807, 2.05) is 0 Å². The monoisotopic (exact) mass is 315 g/mol. The topological polar surface area (TPSA) is 49.3 Å². The van der Waals surface area contributed by atoms with Crippen molar-refractivity contribution in [3.63, 3.8) is 0 Å². The molecular weight excluding hydrogens is 301 g/mol. The predicted molar refractivity (Wildman–Crippen MR) is 69.8 cm³/mol. The van der Waals surface area contributed by atoms with Crippen LogP contribution in [-0.2, 0) is 0 Å². The van der Waals surface area contributed by atoms with Crippen LogP contribution in [0.5, 0.6) is 0 Å². The summed E-state index contributed by atoms with van der Waals surface area (Å²) < 4.78 is 13.4. The van der Waals surface area contributed by atoms with Gasteiger partial charge in [0.25, 0.3) is 5.91 Å². The van der Waals surface area contributed by atoms with Crippen LogP contribution in [0.4, 0.5) is 4.39 Å². The van der Waals surface area contributed by atoms with Crippen LogP contribution in [0, 0.1) is 5.82 Å². The van der Waals surface area contributed by atoms with Gasteiger partial charge < -0.3 is 10.4 Å². The van der Waals surface area contributed by atoms with Gasteiger partial charge in [0.05, 0.1) is 17.7 Å². The largest absolute Gasteiger partial charge is 0.391 e. The SMILES string of the molecule is O=C(N[C@H]1CCCC[C@@H]1O)c1ccc(F)cc1Br. The van der Waals surface area contributed by atoms with Gasteiger partial charge in [-0.15, -0.1) is 0 Å². The van der Waals surface area contributed by atoms with Crippen molar-refractivity contribution in [1.29, 1.82) is 0 Å². The van der Waals surface area contributed by atoms with Crippen LogP contribution in [0.2, 0.25) is 0 Å². The Kier molecular flexibility index (Phi) is 4.35. The Hall–Kier alpha value is -0.940. The number of halogens is 2. The molecule has 1 saturated carbocycles. The molecule has 0 heterocycles. The molecule has 2 atom stereocenters. The fourth-order valence-corrected chi connectivity index (χ4v) is 2.73. The van der Waals surface area contributed by atoms with Gasteiger partial charge in [-0.1, -0.05) is 12.8 Å². The molecule has 0 saturated heterocycles. The van der Waals surface area contributed by atoms with Crippen molar-refractivity contribution in [2.75, 3.05) is 0 Å². The molecule has 2 N–H and O–H groups in total. The van der Waals surface area contributed by atoms with E-state index in [4.69, 9.17) is 0 Å². The van der Waals surface area contributed by atoms with Gasteiger partial charge in [0.2, 0.25) is 0 Å². The fraction of sp³-hybridized carbons (Fsp3) is 0.462. The zero-order chi connectivity index (χ0) is 13.1. The van der Waals surface area contributed by atoms with Crippen LogP contribution >= 0.6 is 15.9 Å².